The summed E-state index contributed by atoms with van der Waals surface area (Å²) in [4.78, 5) is 16.4. The summed E-state index contributed by atoms with van der Waals surface area (Å²) >= 11 is 6.02. The highest BCUT2D eigenvalue weighted by Gasteiger charge is 2.23. The van der Waals surface area contributed by atoms with E-state index in [1.807, 2.05) is 24.3 Å². The maximum absolute atomic E-state index is 12.4. The molecule has 4 nitrogen and oxygen atoms in total. The molecule has 2 aromatic carbocycles. The van der Waals surface area contributed by atoms with Crippen molar-refractivity contribution in [1.82, 2.24) is 4.90 Å². The first kappa shape index (κ1) is 14.7. The van der Waals surface area contributed by atoms with Gasteiger partial charge in [0.1, 0.15) is 5.75 Å². The highest BCUT2D eigenvalue weighted by Crippen LogP contribution is 2.22. The van der Waals surface area contributed by atoms with E-state index in [0.29, 0.717) is 23.7 Å². The van der Waals surface area contributed by atoms with E-state index in [1.165, 1.54) is 6.07 Å². The molecule has 1 aliphatic heterocycles. The quantitative estimate of drug-likeness (QED) is 0.926. The highest BCUT2D eigenvalue weighted by atomic mass is 35.5. The lowest BCUT2D eigenvalue weighted by atomic mass is 10.1. The van der Waals surface area contributed by atoms with Crippen LogP contribution in [0.4, 0.5) is 5.69 Å². The van der Waals surface area contributed by atoms with Gasteiger partial charge in [0, 0.05) is 36.9 Å². The molecule has 0 atom stereocenters. The van der Waals surface area contributed by atoms with Crippen molar-refractivity contribution in [1.29, 1.82) is 0 Å². The van der Waals surface area contributed by atoms with Crippen LogP contribution >= 0.6 is 11.6 Å². The first-order valence-corrected chi connectivity index (χ1v) is 7.61. The van der Waals surface area contributed by atoms with E-state index in [4.69, 9.17) is 11.6 Å². The summed E-state index contributed by atoms with van der Waals surface area (Å²) in [6, 6.07) is 14.4. The van der Waals surface area contributed by atoms with Crippen LogP contribution in [0.1, 0.15) is 10.4 Å². The van der Waals surface area contributed by atoms with E-state index < -0.39 is 0 Å². The zero-order valence-corrected chi connectivity index (χ0v) is 12.8. The Bertz CT molecular complexity index is 682. The second-order valence-corrected chi connectivity index (χ2v) is 5.71. The Morgan fingerprint density at radius 1 is 1.00 bits per heavy atom. The monoisotopic (exact) mass is 316 g/mol. The predicted molar refractivity (Wildman–Crippen MR) is 87.7 cm³/mol. The molecule has 1 fully saturated rings. The van der Waals surface area contributed by atoms with Crippen molar-refractivity contribution in [3.05, 3.63) is 59.1 Å². The molecule has 114 valence electrons. The number of phenolic OH excluding ortho intramolecular Hbond substituents is 1. The first-order valence-electron chi connectivity index (χ1n) is 7.23. The number of amides is 1. The molecule has 0 radical (unpaired) electrons. The summed E-state index contributed by atoms with van der Waals surface area (Å²) in [5.74, 6) is -0.0892. The van der Waals surface area contributed by atoms with Crippen LogP contribution in [-0.2, 0) is 0 Å². The number of phenols is 1. The van der Waals surface area contributed by atoms with Gasteiger partial charge in [-0.25, -0.2) is 0 Å². The number of hydrogen-bond donors (Lipinski definition) is 1. The highest BCUT2D eigenvalue weighted by molar-refractivity contribution is 6.30. The van der Waals surface area contributed by atoms with Crippen molar-refractivity contribution in [2.75, 3.05) is 31.1 Å². The molecule has 1 saturated heterocycles. The molecule has 1 N–H and O–H groups in total. The number of anilines is 1. The zero-order valence-electron chi connectivity index (χ0n) is 12.1. The molecule has 22 heavy (non-hydrogen) atoms. The number of nitrogens with zero attached hydrogens (tertiary/aromatic N) is 2. The molecular formula is C17H17ClN2O2. The summed E-state index contributed by atoms with van der Waals surface area (Å²) in [6.45, 7) is 2.75. The third kappa shape index (κ3) is 3.02. The number of carbonyl (C=O) groups excluding carboxylic acids is 1. The molecule has 2 aromatic rings. The smallest absolute Gasteiger partial charge is 0.257 e. The summed E-state index contributed by atoms with van der Waals surface area (Å²) in [5, 5.41) is 10.5. The van der Waals surface area contributed by atoms with E-state index in [9.17, 15) is 9.90 Å². The molecule has 5 heteroatoms. The van der Waals surface area contributed by atoms with E-state index >= 15 is 0 Å². The maximum Gasteiger partial charge on any atom is 0.257 e. The molecule has 1 heterocycles. The van der Waals surface area contributed by atoms with Crippen molar-refractivity contribution in [3.8, 4) is 5.75 Å². The average molecular weight is 317 g/mol. The molecular weight excluding hydrogens is 300 g/mol. The SMILES string of the molecule is O=C(c1ccccc1O)N1CCN(c2cccc(Cl)c2)CC1. The van der Waals surface area contributed by atoms with Gasteiger partial charge < -0.3 is 14.9 Å². The molecule has 0 aromatic heterocycles. The second-order valence-electron chi connectivity index (χ2n) is 5.28. The van der Waals surface area contributed by atoms with Crippen LogP contribution in [0.25, 0.3) is 0 Å². The van der Waals surface area contributed by atoms with Crippen LogP contribution < -0.4 is 4.90 Å². The van der Waals surface area contributed by atoms with Gasteiger partial charge in [0.2, 0.25) is 0 Å². The molecule has 3 rings (SSSR count). The Morgan fingerprint density at radius 2 is 1.73 bits per heavy atom. The number of piperazine rings is 1. The van der Waals surface area contributed by atoms with Gasteiger partial charge in [0.05, 0.1) is 5.56 Å². The average Bonchev–Trinajstić information content (AvgIpc) is 2.55. The molecule has 0 aliphatic carbocycles. The Morgan fingerprint density at radius 3 is 2.41 bits per heavy atom. The number of hydrogen-bond acceptors (Lipinski definition) is 3. The van der Waals surface area contributed by atoms with Gasteiger partial charge in [0.25, 0.3) is 5.91 Å². The Hall–Kier alpha value is -2.20. The fraction of sp³-hybridized carbons (Fsp3) is 0.235. The van der Waals surface area contributed by atoms with Crippen molar-refractivity contribution in [2.45, 2.75) is 0 Å². The molecule has 0 unspecified atom stereocenters. The minimum absolute atomic E-state index is 0.0322. The number of carbonyl (C=O) groups is 1. The standard InChI is InChI=1S/C17H17ClN2O2/c18-13-4-3-5-14(12-13)19-8-10-20(11-9-19)17(22)15-6-1-2-7-16(15)21/h1-7,12,21H,8-11H2. The van der Waals surface area contributed by atoms with Crippen LogP contribution in [0.2, 0.25) is 5.02 Å². The van der Waals surface area contributed by atoms with Gasteiger partial charge in [-0.3, -0.25) is 4.79 Å². The van der Waals surface area contributed by atoms with Crippen LogP contribution in [0.5, 0.6) is 5.75 Å². The minimum atomic E-state index is -0.121. The van der Waals surface area contributed by atoms with Gasteiger partial charge in [-0.05, 0) is 30.3 Å². The van der Waals surface area contributed by atoms with Gasteiger partial charge >= 0.3 is 0 Å². The number of benzene rings is 2. The third-order valence-electron chi connectivity index (χ3n) is 3.87. The van der Waals surface area contributed by atoms with Crippen LogP contribution in [-0.4, -0.2) is 42.1 Å². The fourth-order valence-electron chi connectivity index (χ4n) is 2.67. The number of aromatic hydroxyl groups is 1. The Balaban J connectivity index is 1.67. The van der Waals surface area contributed by atoms with Gasteiger partial charge in [-0.15, -0.1) is 0 Å². The van der Waals surface area contributed by atoms with E-state index in [1.54, 1.807) is 23.1 Å². The van der Waals surface area contributed by atoms with Gasteiger partial charge in [-0.2, -0.15) is 0 Å². The molecule has 0 saturated carbocycles. The lowest BCUT2D eigenvalue weighted by Gasteiger charge is -2.36. The van der Waals surface area contributed by atoms with Crippen molar-refractivity contribution in [3.63, 3.8) is 0 Å². The summed E-state index contributed by atoms with van der Waals surface area (Å²) in [7, 11) is 0. The normalized spacial score (nSPS) is 15.0. The Labute approximate surface area is 134 Å². The van der Waals surface area contributed by atoms with Gasteiger partial charge in [0.15, 0.2) is 0 Å². The third-order valence-corrected chi connectivity index (χ3v) is 4.11. The largest absolute Gasteiger partial charge is 0.507 e. The zero-order chi connectivity index (χ0) is 15.5. The molecule has 0 spiro atoms. The van der Waals surface area contributed by atoms with E-state index in [-0.39, 0.29) is 11.7 Å². The number of para-hydroxylation sites is 1. The fourth-order valence-corrected chi connectivity index (χ4v) is 2.85. The second kappa shape index (κ2) is 6.28. The van der Waals surface area contributed by atoms with Crippen LogP contribution in [0.3, 0.4) is 0 Å². The lowest BCUT2D eigenvalue weighted by Crippen LogP contribution is -2.48. The summed E-state index contributed by atoms with van der Waals surface area (Å²) in [6.07, 6.45) is 0. The lowest BCUT2D eigenvalue weighted by molar-refractivity contribution is 0.0744. The molecule has 0 bridgehead atoms. The molecule has 1 amide bonds. The minimum Gasteiger partial charge on any atom is -0.507 e. The number of halogens is 1. The maximum atomic E-state index is 12.4. The Kier molecular flexibility index (Phi) is 4.20. The van der Waals surface area contributed by atoms with Crippen LogP contribution in [0, 0.1) is 0 Å². The van der Waals surface area contributed by atoms with E-state index in [0.717, 1.165) is 18.8 Å². The van der Waals surface area contributed by atoms with Crippen molar-refractivity contribution >= 4 is 23.2 Å². The van der Waals surface area contributed by atoms with Crippen molar-refractivity contribution < 1.29 is 9.90 Å². The van der Waals surface area contributed by atoms with Crippen LogP contribution in [0.15, 0.2) is 48.5 Å². The molecule has 1 aliphatic rings. The predicted octanol–water partition coefficient (Wildman–Crippen LogP) is 3.01. The first-order chi connectivity index (χ1) is 10.6. The topological polar surface area (TPSA) is 43.8 Å². The van der Waals surface area contributed by atoms with Crippen molar-refractivity contribution in [2.24, 2.45) is 0 Å². The summed E-state index contributed by atoms with van der Waals surface area (Å²) < 4.78 is 0. The van der Waals surface area contributed by atoms with Gasteiger partial charge in [-0.1, -0.05) is 29.8 Å². The summed E-state index contributed by atoms with van der Waals surface area (Å²) in [5.41, 5.74) is 1.43. The number of rotatable bonds is 2. The van der Waals surface area contributed by atoms with E-state index in [2.05, 4.69) is 4.90 Å².